The Bertz CT molecular complexity index is 1150. The summed E-state index contributed by atoms with van der Waals surface area (Å²) in [5.74, 6) is 0.969. The minimum absolute atomic E-state index is 0.114. The molecule has 1 atom stereocenters. The van der Waals surface area contributed by atoms with Crippen molar-refractivity contribution in [2.24, 2.45) is 5.92 Å². The molecule has 7 nitrogen and oxygen atoms in total. The van der Waals surface area contributed by atoms with Crippen molar-refractivity contribution in [3.05, 3.63) is 65.7 Å². The molecule has 1 aliphatic rings. The maximum atomic E-state index is 13.3. The van der Waals surface area contributed by atoms with E-state index in [9.17, 15) is 4.39 Å². The first-order valence-corrected chi connectivity index (χ1v) is 11.8. The first-order valence-electron chi connectivity index (χ1n) is 10.9. The van der Waals surface area contributed by atoms with Gasteiger partial charge in [0.05, 0.1) is 22.8 Å². The third-order valence-corrected chi connectivity index (χ3v) is 7.06. The summed E-state index contributed by atoms with van der Waals surface area (Å²) in [6.07, 6.45) is 0. The summed E-state index contributed by atoms with van der Waals surface area (Å²) < 4.78 is 16.3. The van der Waals surface area contributed by atoms with Crippen molar-refractivity contribution >= 4 is 26.7 Å². The number of para-hydroxylation sites is 1. The van der Waals surface area contributed by atoms with Crippen LogP contribution in [0.2, 0.25) is 0 Å². The van der Waals surface area contributed by atoms with E-state index in [-0.39, 0.29) is 11.9 Å². The van der Waals surface area contributed by atoms with Gasteiger partial charge in [-0.3, -0.25) is 4.90 Å². The summed E-state index contributed by atoms with van der Waals surface area (Å²) in [7, 11) is 0. The van der Waals surface area contributed by atoms with Crippen molar-refractivity contribution in [3.8, 4) is 0 Å². The van der Waals surface area contributed by atoms with Gasteiger partial charge in [-0.15, -0.1) is 5.10 Å². The molecule has 3 heterocycles. The van der Waals surface area contributed by atoms with E-state index in [0.717, 1.165) is 48.2 Å². The minimum atomic E-state index is -0.239. The number of thiazole rings is 1. The lowest BCUT2D eigenvalue weighted by molar-refractivity contribution is 0.135. The highest BCUT2D eigenvalue weighted by Gasteiger charge is 2.32. The third kappa shape index (κ3) is 4.22. The third-order valence-electron chi connectivity index (χ3n) is 5.96. The maximum absolute atomic E-state index is 13.3. The van der Waals surface area contributed by atoms with E-state index in [4.69, 9.17) is 4.98 Å². The lowest BCUT2D eigenvalue weighted by atomic mass is 10.0. The first kappa shape index (κ1) is 21.0. The van der Waals surface area contributed by atoms with Crippen LogP contribution >= 0.6 is 11.3 Å². The Morgan fingerprint density at radius 3 is 2.47 bits per heavy atom. The van der Waals surface area contributed by atoms with Crippen LogP contribution in [0.25, 0.3) is 10.2 Å². The second kappa shape index (κ2) is 8.91. The summed E-state index contributed by atoms with van der Waals surface area (Å²) in [6, 6.07) is 14.9. The molecule has 2 aromatic carbocycles. The van der Waals surface area contributed by atoms with Gasteiger partial charge in [-0.25, -0.2) is 14.1 Å². The fraction of sp³-hybridized carbons (Fsp3) is 0.391. The lowest BCUT2D eigenvalue weighted by Crippen LogP contribution is -2.49. The molecule has 4 aromatic rings. The predicted octanol–water partition coefficient (Wildman–Crippen LogP) is 3.99. The highest BCUT2D eigenvalue weighted by Crippen LogP contribution is 2.32. The van der Waals surface area contributed by atoms with Crippen LogP contribution in [0.1, 0.15) is 31.3 Å². The van der Waals surface area contributed by atoms with Crippen molar-refractivity contribution in [3.63, 3.8) is 0 Å². The van der Waals surface area contributed by atoms with Crippen LogP contribution in [0.15, 0.2) is 48.5 Å². The number of aromatic nitrogens is 5. The first-order chi connectivity index (χ1) is 15.6. The molecule has 0 bridgehead atoms. The zero-order chi connectivity index (χ0) is 22.1. The average Bonchev–Trinajstić information content (AvgIpc) is 3.43. The van der Waals surface area contributed by atoms with Crippen molar-refractivity contribution < 1.29 is 4.39 Å². The Balaban J connectivity index is 1.31. The van der Waals surface area contributed by atoms with Gasteiger partial charge in [0.15, 0.2) is 11.0 Å². The second-order valence-corrected chi connectivity index (χ2v) is 9.51. The van der Waals surface area contributed by atoms with Crippen molar-refractivity contribution in [1.82, 2.24) is 30.1 Å². The number of nitrogens with zero attached hydrogens (tertiary/aromatic N) is 7. The number of hydrogen-bond acceptors (Lipinski definition) is 7. The highest BCUT2D eigenvalue weighted by atomic mass is 32.1. The van der Waals surface area contributed by atoms with E-state index in [1.807, 2.05) is 10.7 Å². The number of halogens is 1. The zero-order valence-electron chi connectivity index (χ0n) is 18.2. The van der Waals surface area contributed by atoms with Gasteiger partial charge in [0.25, 0.3) is 0 Å². The highest BCUT2D eigenvalue weighted by molar-refractivity contribution is 7.22. The fourth-order valence-electron chi connectivity index (χ4n) is 4.37. The molecule has 9 heteroatoms. The van der Waals surface area contributed by atoms with E-state index in [2.05, 4.69) is 57.4 Å². The van der Waals surface area contributed by atoms with Gasteiger partial charge >= 0.3 is 0 Å². The lowest BCUT2D eigenvalue weighted by Gasteiger charge is -2.40. The van der Waals surface area contributed by atoms with Gasteiger partial charge in [-0.1, -0.05) is 49.4 Å². The van der Waals surface area contributed by atoms with Crippen molar-refractivity contribution in [1.29, 1.82) is 0 Å². The molecule has 166 valence electrons. The molecule has 1 fully saturated rings. The Kier molecular flexibility index (Phi) is 5.84. The summed E-state index contributed by atoms with van der Waals surface area (Å²) in [5, 5.41) is 13.7. The monoisotopic (exact) mass is 451 g/mol. The quantitative estimate of drug-likeness (QED) is 0.442. The Morgan fingerprint density at radius 2 is 1.75 bits per heavy atom. The van der Waals surface area contributed by atoms with Crippen molar-refractivity contribution in [2.75, 3.05) is 31.1 Å². The normalized spacial score (nSPS) is 16.2. The number of hydrogen-bond donors (Lipinski definition) is 0. The zero-order valence-corrected chi connectivity index (χ0v) is 19.0. The number of piperazine rings is 1. The summed E-state index contributed by atoms with van der Waals surface area (Å²) in [4.78, 5) is 9.67. The molecule has 1 saturated heterocycles. The number of benzene rings is 2. The van der Waals surface area contributed by atoms with Gasteiger partial charge < -0.3 is 4.90 Å². The number of rotatable bonds is 6. The van der Waals surface area contributed by atoms with E-state index in [1.165, 1.54) is 16.8 Å². The van der Waals surface area contributed by atoms with E-state index in [0.29, 0.717) is 12.5 Å². The fourth-order valence-corrected chi connectivity index (χ4v) is 5.39. The molecular formula is C23H26FN7S. The van der Waals surface area contributed by atoms with Crippen LogP contribution in [-0.4, -0.2) is 56.3 Å². The second-order valence-electron chi connectivity index (χ2n) is 8.50. The van der Waals surface area contributed by atoms with E-state index in [1.54, 1.807) is 23.5 Å². The molecule has 32 heavy (non-hydrogen) atoms. The number of tetrazole rings is 1. The standard InChI is InChI=1S/C23H26FN7S/c1-16(2)21(22-26-27-28-31(22)15-17-7-9-18(24)10-8-17)29-11-13-30(14-12-29)23-25-19-5-3-4-6-20(19)32-23/h3-10,16,21H,11-15H2,1-2H3/t21-/m1/s1. The molecular weight excluding hydrogens is 425 g/mol. The molecule has 0 amide bonds. The smallest absolute Gasteiger partial charge is 0.186 e. The van der Waals surface area contributed by atoms with Gasteiger partial charge in [0, 0.05) is 26.2 Å². The Labute approximate surface area is 190 Å². The van der Waals surface area contributed by atoms with E-state index >= 15 is 0 Å². The summed E-state index contributed by atoms with van der Waals surface area (Å²) in [6.45, 7) is 8.62. The summed E-state index contributed by atoms with van der Waals surface area (Å²) >= 11 is 1.76. The molecule has 0 unspecified atom stereocenters. The van der Waals surface area contributed by atoms with Gasteiger partial charge in [-0.05, 0) is 46.2 Å². The maximum Gasteiger partial charge on any atom is 0.186 e. The van der Waals surface area contributed by atoms with Crippen LogP contribution < -0.4 is 4.90 Å². The molecule has 1 aliphatic heterocycles. The molecule has 0 aliphatic carbocycles. The molecule has 0 spiro atoms. The SMILES string of the molecule is CC(C)[C@H](c1nnnn1Cc1ccc(F)cc1)N1CCN(c2nc3ccccc3s2)CC1. The van der Waals surface area contributed by atoms with Gasteiger partial charge in [-0.2, -0.15) is 0 Å². The molecule has 0 saturated carbocycles. The molecule has 2 aromatic heterocycles. The molecule has 5 rings (SSSR count). The van der Waals surface area contributed by atoms with Crippen LogP contribution in [-0.2, 0) is 6.54 Å². The predicted molar refractivity (Wildman–Crippen MR) is 124 cm³/mol. The number of fused-ring (bicyclic) bond motifs is 1. The number of anilines is 1. The molecule has 0 N–H and O–H groups in total. The van der Waals surface area contributed by atoms with Gasteiger partial charge in [0.2, 0.25) is 0 Å². The largest absolute Gasteiger partial charge is 0.345 e. The van der Waals surface area contributed by atoms with Gasteiger partial charge in [0.1, 0.15) is 5.82 Å². The van der Waals surface area contributed by atoms with E-state index < -0.39 is 0 Å². The topological polar surface area (TPSA) is 63.0 Å². The van der Waals surface area contributed by atoms with Crippen LogP contribution in [0, 0.1) is 11.7 Å². The minimum Gasteiger partial charge on any atom is -0.345 e. The Morgan fingerprint density at radius 1 is 1.00 bits per heavy atom. The van der Waals surface area contributed by atoms with Crippen molar-refractivity contribution in [2.45, 2.75) is 26.4 Å². The average molecular weight is 452 g/mol. The van der Waals surface area contributed by atoms with Crippen LogP contribution in [0.3, 0.4) is 0 Å². The molecule has 0 radical (unpaired) electrons. The van der Waals surface area contributed by atoms with Crippen LogP contribution in [0.5, 0.6) is 0 Å². The summed E-state index contributed by atoms with van der Waals surface area (Å²) in [5.41, 5.74) is 2.04. The van der Waals surface area contributed by atoms with Crippen LogP contribution in [0.4, 0.5) is 9.52 Å². The Hall–Kier alpha value is -2.91.